The Morgan fingerprint density at radius 2 is 2.08 bits per heavy atom. The van der Waals surface area contributed by atoms with Gasteiger partial charge in [-0.15, -0.1) is 0 Å². The summed E-state index contributed by atoms with van der Waals surface area (Å²) in [6.07, 6.45) is 8.30. The minimum absolute atomic E-state index is 0.00579. The lowest BCUT2D eigenvalue weighted by atomic mass is 9.74. The van der Waals surface area contributed by atoms with E-state index in [0.29, 0.717) is 18.9 Å². The number of rotatable bonds is 6. The van der Waals surface area contributed by atoms with Crippen LogP contribution in [-0.4, -0.2) is 37.6 Å². The molecule has 5 nitrogen and oxygen atoms in total. The fourth-order valence-corrected chi connectivity index (χ4v) is 4.05. The first-order valence-electron chi connectivity index (χ1n) is 9.50. The lowest BCUT2D eigenvalue weighted by molar-refractivity contribution is -0.131. The maximum Gasteiger partial charge on any atom is 0.243 e. The number of nitrogens with one attached hydrogen (secondary N) is 2. The molecule has 1 aromatic rings. The van der Waals surface area contributed by atoms with Gasteiger partial charge in [-0.1, -0.05) is 30.3 Å². The Morgan fingerprint density at radius 1 is 1.27 bits per heavy atom. The SMILES string of the molecule is COC1CCC2CC(CCNC(=O)/C=C/c3ccccc3)C(=O)NC2C1. The normalized spacial score (nSPS) is 28.4. The van der Waals surface area contributed by atoms with E-state index in [-0.39, 0.29) is 29.9 Å². The lowest BCUT2D eigenvalue weighted by Crippen LogP contribution is -2.53. The summed E-state index contributed by atoms with van der Waals surface area (Å²) < 4.78 is 5.44. The highest BCUT2D eigenvalue weighted by molar-refractivity contribution is 5.91. The molecule has 0 spiro atoms. The van der Waals surface area contributed by atoms with Crippen LogP contribution >= 0.6 is 0 Å². The Labute approximate surface area is 155 Å². The van der Waals surface area contributed by atoms with Gasteiger partial charge in [-0.05, 0) is 49.7 Å². The largest absolute Gasteiger partial charge is 0.381 e. The van der Waals surface area contributed by atoms with Crippen molar-refractivity contribution in [3.63, 3.8) is 0 Å². The summed E-state index contributed by atoms with van der Waals surface area (Å²) in [4.78, 5) is 24.3. The molecular weight excluding hydrogens is 328 g/mol. The van der Waals surface area contributed by atoms with Crippen LogP contribution in [0.5, 0.6) is 0 Å². The molecule has 5 heteroatoms. The highest BCUT2D eigenvalue weighted by Gasteiger charge is 2.39. The summed E-state index contributed by atoms with van der Waals surface area (Å²) in [7, 11) is 1.74. The van der Waals surface area contributed by atoms with Gasteiger partial charge < -0.3 is 15.4 Å². The molecule has 0 radical (unpaired) electrons. The molecule has 1 saturated heterocycles. The zero-order chi connectivity index (χ0) is 18.4. The third-order valence-corrected chi connectivity index (χ3v) is 5.58. The second kappa shape index (κ2) is 8.99. The van der Waals surface area contributed by atoms with Gasteiger partial charge in [0.25, 0.3) is 0 Å². The zero-order valence-electron chi connectivity index (χ0n) is 15.3. The molecule has 2 aliphatic rings. The number of fused-ring (bicyclic) bond motifs is 1. The Kier molecular flexibility index (Phi) is 6.45. The number of hydrogen-bond donors (Lipinski definition) is 2. The van der Waals surface area contributed by atoms with Crippen molar-refractivity contribution in [2.75, 3.05) is 13.7 Å². The molecule has 2 fully saturated rings. The molecular formula is C21H28N2O3. The summed E-state index contributed by atoms with van der Waals surface area (Å²) in [5.41, 5.74) is 0.993. The lowest BCUT2D eigenvalue weighted by Gasteiger charge is -2.41. The predicted octanol–water partition coefficient (Wildman–Crippen LogP) is 2.53. The molecule has 1 aliphatic carbocycles. The quantitative estimate of drug-likeness (QED) is 0.770. The first-order valence-corrected chi connectivity index (χ1v) is 9.50. The molecule has 1 saturated carbocycles. The van der Waals surface area contributed by atoms with Crippen LogP contribution in [0.1, 0.15) is 37.7 Å². The van der Waals surface area contributed by atoms with Gasteiger partial charge in [-0.2, -0.15) is 0 Å². The highest BCUT2D eigenvalue weighted by atomic mass is 16.5. The van der Waals surface area contributed by atoms with E-state index >= 15 is 0 Å². The molecule has 140 valence electrons. The number of hydrogen-bond acceptors (Lipinski definition) is 3. The molecule has 4 atom stereocenters. The van der Waals surface area contributed by atoms with Crippen molar-refractivity contribution in [3.8, 4) is 0 Å². The second-order valence-corrected chi connectivity index (χ2v) is 7.30. The number of amides is 2. The molecule has 0 aromatic heterocycles. The van der Waals surface area contributed by atoms with Crippen molar-refractivity contribution in [2.24, 2.45) is 11.8 Å². The number of methoxy groups -OCH3 is 1. The van der Waals surface area contributed by atoms with Crippen molar-refractivity contribution in [2.45, 2.75) is 44.2 Å². The number of carbonyl (C=O) groups excluding carboxylic acids is 2. The van der Waals surface area contributed by atoms with Crippen LogP contribution in [0.2, 0.25) is 0 Å². The van der Waals surface area contributed by atoms with E-state index in [1.807, 2.05) is 30.3 Å². The van der Waals surface area contributed by atoms with Crippen LogP contribution in [-0.2, 0) is 14.3 Å². The standard InChI is InChI=1S/C21H28N2O3/c1-26-18-9-8-16-13-17(21(25)23-19(16)14-18)11-12-22-20(24)10-7-15-5-3-2-4-6-15/h2-7,10,16-19H,8-9,11-14H2,1H3,(H,22,24)(H,23,25)/b10-7+. The Morgan fingerprint density at radius 3 is 2.85 bits per heavy atom. The van der Waals surface area contributed by atoms with Gasteiger partial charge in [0.1, 0.15) is 0 Å². The molecule has 1 heterocycles. The first-order chi connectivity index (χ1) is 12.7. The number of benzene rings is 1. The molecule has 26 heavy (non-hydrogen) atoms. The molecule has 4 unspecified atom stereocenters. The van der Waals surface area contributed by atoms with Crippen LogP contribution in [0.3, 0.4) is 0 Å². The molecule has 2 amide bonds. The number of ether oxygens (including phenoxy) is 1. The van der Waals surface area contributed by atoms with E-state index < -0.39 is 0 Å². The summed E-state index contributed by atoms with van der Waals surface area (Å²) in [5.74, 6) is 0.534. The summed E-state index contributed by atoms with van der Waals surface area (Å²) >= 11 is 0. The third-order valence-electron chi connectivity index (χ3n) is 5.58. The molecule has 3 rings (SSSR count). The van der Waals surface area contributed by atoms with Crippen molar-refractivity contribution >= 4 is 17.9 Å². The van der Waals surface area contributed by atoms with Crippen LogP contribution in [0.25, 0.3) is 6.08 Å². The average molecular weight is 356 g/mol. The minimum Gasteiger partial charge on any atom is -0.381 e. The van der Waals surface area contributed by atoms with Gasteiger partial charge >= 0.3 is 0 Å². The fourth-order valence-electron chi connectivity index (χ4n) is 4.05. The fraction of sp³-hybridized carbons (Fsp3) is 0.524. The van der Waals surface area contributed by atoms with Gasteiger partial charge in [0.15, 0.2) is 0 Å². The van der Waals surface area contributed by atoms with Crippen LogP contribution in [0.15, 0.2) is 36.4 Å². The minimum atomic E-state index is -0.122. The van der Waals surface area contributed by atoms with Crippen molar-refractivity contribution in [1.82, 2.24) is 10.6 Å². The number of carbonyl (C=O) groups is 2. The van der Waals surface area contributed by atoms with E-state index in [1.165, 1.54) is 0 Å². The van der Waals surface area contributed by atoms with E-state index in [9.17, 15) is 9.59 Å². The topological polar surface area (TPSA) is 67.4 Å². The van der Waals surface area contributed by atoms with E-state index in [4.69, 9.17) is 4.74 Å². The maximum absolute atomic E-state index is 12.4. The predicted molar refractivity (Wildman–Crippen MR) is 101 cm³/mol. The summed E-state index contributed by atoms with van der Waals surface area (Å²) in [5, 5.41) is 6.06. The van der Waals surface area contributed by atoms with Gasteiger partial charge in [0.2, 0.25) is 11.8 Å². The second-order valence-electron chi connectivity index (χ2n) is 7.30. The molecule has 0 bridgehead atoms. The van der Waals surface area contributed by atoms with Gasteiger partial charge in [0, 0.05) is 31.7 Å². The third kappa shape index (κ3) is 4.94. The average Bonchev–Trinajstić information content (AvgIpc) is 2.67. The zero-order valence-corrected chi connectivity index (χ0v) is 15.3. The van der Waals surface area contributed by atoms with E-state index in [2.05, 4.69) is 10.6 Å². The van der Waals surface area contributed by atoms with Crippen molar-refractivity contribution in [3.05, 3.63) is 42.0 Å². The van der Waals surface area contributed by atoms with Gasteiger partial charge in [0.05, 0.1) is 6.10 Å². The smallest absolute Gasteiger partial charge is 0.243 e. The van der Waals surface area contributed by atoms with Gasteiger partial charge in [-0.3, -0.25) is 9.59 Å². The van der Waals surface area contributed by atoms with Gasteiger partial charge in [-0.25, -0.2) is 0 Å². The first kappa shape index (κ1) is 18.6. The molecule has 2 N–H and O–H groups in total. The van der Waals surface area contributed by atoms with Crippen LogP contribution in [0.4, 0.5) is 0 Å². The Hall–Kier alpha value is -2.14. The van der Waals surface area contributed by atoms with E-state index in [0.717, 1.165) is 31.2 Å². The number of piperidine rings is 1. The summed E-state index contributed by atoms with van der Waals surface area (Å²) in [6, 6.07) is 9.97. The van der Waals surface area contributed by atoms with Crippen LogP contribution in [0, 0.1) is 11.8 Å². The maximum atomic E-state index is 12.4. The van der Waals surface area contributed by atoms with Crippen molar-refractivity contribution in [1.29, 1.82) is 0 Å². The monoisotopic (exact) mass is 356 g/mol. The Bertz CT molecular complexity index is 644. The Balaban J connectivity index is 1.41. The highest BCUT2D eigenvalue weighted by Crippen LogP contribution is 2.35. The summed E-state index contributed by atoms with van der Waals surface area (Å²) in [6.45, 7) is 0.522. The van der Waals surface area contributed by atoms with E-state index in [1.54, 1.807) is 19.3 Å². The molecule has 1 aromatic carbocycles. The molecule has 1 aliphatic heterocycles. The van der Waals surface area contributed by atoms with Crippen LogP contribution < -0.4 is 10.6 Å². The van der Waals surface area contributed by atoms with Crippen molar-refractivity contribution < 1.29 is 14.3 Å².